The Morgan fingerprint density at radius 1 is 1.71 bits per heavy atom. The van der Waals surface area contributed by atoms with Gasteiger partial charge in [-0.2, -0.15) is 11.2 Å². The Hall–Kier alpha value is 0.310. The number of thiol groups is 1. The SMILES string of the molecule is CC1CC[SH](C)O1. The monoisotopic (exact) mass is 120 g/mol. The zero-order valence-corrected chi connectivity index (χ0v) is 5.74. The van der Waals surface area contributed by atoms with E-state index in [0.29, 0.717) is 6.10 Å². The highest BCUT2D eigenvalue weighted by atomic mass is 32.2. The predicted octanol–water partition coefficient (Wildman–Crippen LogP) is 1.34. The topological polar surface area (TPSA) is 9.23 Å². The molecule has 0 spiro atoms. The average molecular weight is 120 g/mol. The van der Waals surface area contributed by atoms with Crippen LogP contribution in [-0.2, 0) is 4.18 Å². The maximum atomic E-state index is 5.43. The third-order valence-electron chi connectivity index (χ3n) is 1.21. The van der Waals surface area contributed by atoms with Crippen LogP contribution < -0.4 is 0 Å². The second-order valence-corrected chi connectivity index (χ2v) is 3.97. The molecule has 1 fully saturated rings. The first-order valence-corrected chi connectivity index (χ1v) is 4.56. The number of hydrogen-bond donors (Lipinski definition) is 1. The maximum absolute atomic E-state index is 5.43. The summed E-state index contributed by atoms with van der Waals surface area (Å²) in [5, 5.41) is 0. The maximum Gasteiger partial charge on any atom is 0.0677 e. The van der Waals surface area contributed by atoms with E-state index >= 15 is 0 Å². The Morgan fingerprint density at radius 3 is 2.57 bits per heavy atom. The molecule has 0 aliphatic carbocycles. The van der Waals surface area contributed by atoms with Crippen molar-refractivity contribution >= 4 is 11.2 Å². The molecule has 7 heavy (non-hydrogen) atoms. The van der Waals surface area contributed by atoms with E-state index in [1.807, 2.05) is 0 Å². The van der Waals surface area contributed by atoms with Gasteiger partial charge in [0, 0.05) is 0 Å². The van der Waals surface area contributed by atoms with E-state index < -0.39 is 0 Å². The van der Waals surface area contributed by atoms with Crippen molar-refractivity contribution in [3.8, 4) is 0 Å². The van der Waals surface area contributed by atoms with Gasteiger partial charge in [0.1, 0.15) is 0 Å². The fourth-order valence-corrected chi connectivity index (χ4v) is 2.33. The van der Waals surface area contributed by atoms with Crippen molar-refractivity contribution in [3.63, 3.8) is 0 Å². The van der Waals surface area contributed by atoms with Crippen LogP contribution in [0.15, 0.2) is 0 Å². The van der Waals surface area contributed by atoms with Gasteiger partial charge in [0.2, 0.25) is 0 Å². The lowest BCUT2D eigenvalue weighted by molar-refractivity contribution is 0.283. The molecule has 0 saturated carbocycles. The van der Waals surface area contributed by atoms with Gasteiger partial charge in [-0.15, -0.1) is 0 Å². The first-order chi connectivity index (χ1) is 3.29. The van der Waals surface area contributed by atoms with E-state index in [0.717, 1.165) is 0 Å². The summed E-state index contributed by atoms with van der Waals surface area (Å²) in [6, 6.07) is 0. The molecule has 0 amide bonds. The van der Waals surface area contributed by atoms with Gasteiger partial charge < -0.3 is 4.18 Å². The molecule has 44 valence electrons. The van der Waals surface area contributed by atoms with E-state index in [4.69, 9.17) is 4.18 Å². The first kappa shape index (κ1) is 5.45. The van der Waals surface area contributed by atoms with Crippen LogP contribution >= 0.6 is 11.2 Å². The van der Waals surface area contributed by atoms with E-state index in [2.05, 4.69) is 13.2 Å². The molecular weight excluding hydrogens is 108 g/mol. The van der Waals surface area contributed by atoms with Crippen LogP contribution in [0, 0.1) is 0 Å². The summed E-state index contributed by atoms with van der Waals surface area (Å²) >= 11 is -0.00437. The van der Waals surface area contributed by atoms with Crippen LogP contribution in [0.5, 0.6) is 0 Å². The molecule has 0 aromatic heterocycles. The van der Waals surface area contributed by atoms with Gasteiger partial charge in [0.05, 0.1) is 6.10 Å². The third kappa shape index (κ3) is 1.35. The minimum Gasteiger partial charge on any atom is -0.337 e. The summed E-state index contributed by atoms with van der Waals surface area (Å²) in [6.07, 6.45) is 4.03. The average Bonchev–Trinajstić information content (AvgIpc) is 1.87. The van der Waals surface area contributed by atoms with Crippen LogP contribution in [0.4, 0.5) is 0 Å². The largest absolute Gasteiger partial charge is 0.337 e. The van der Waals surface area contributed by atoms with Gasteiger partial charge >= 0.3 is 0 Å². The molecule has 1 aliphatic rings. The molecule has 1 heterocycles. The van der Waals surface area contributed by atoms with Crippen molar-refractivity contribution in [2.45, 2.75) is 19.4 Å². The zero-order valence-electron chi connectivity index (χ0n) is 4.85. The smallest absolute Gasteiger partial charge is 0.0677 e. The molecule has 0 aromatic carbocycles. The van der Waals surface area contributed by atoms with E-state index in [-0.39, 0.29) is 11.2 Å². The standard InChI is InChI=1S/C5H12OS/c1-5-3-4-7(2)6-5/h5,7H,3-4H2,1-2H3. The Balaban J connectivity index is 2.26. The Bertz CT molecular complexity index is 57.1. The molecule has 1 saturated heterocycles. The molecule has 1 nitrogen and oxygen atoms in total. The summed E-state index contributed by atoms with van der Waals surface area (Å²) in [5.74, 6) is 1.32. The van der Waals surface area contributed by atoms with Crippen molar-refractivity contribution in [2.24, 2.45) is 0 Å². The lowest BCUT2D eigenvalue weighted by Gasteiger charge is -2.05. The van der Waals surface area contributed by atoms with Gasteiger partial charge in [-0.25, -0.2) is 0 Å². The van der Waals surface area contributed by atoms with Crippen molar-refractivity contribution in [1.82, 2.24) is 0 Å². The lowest BCUT2D eigenvalue weighted by atomic mass is 10.3. The molecule has 0 bridgehead atoms. The highest BCUT2D eigenvalue weighted by Crippen LogP contribution is 2.33. The fourth-order valence-electron chi connectivity index (χ4n) is 0.776. The Kier molecular flexibility index (Phi) is 1.60. The van der Waals surface area contributed by atoms with Gasteiger partial charge in [0.25, 0.3) is 0 Å². The van der Waals surface area contributed by atoms with Crippen LogP contribution in [0.3, 0.4) is 0 Å². The van der Waals surface area contributed by atoms with Crippen molar-refractivity contribution < 1.29 is 4.18 Å². The predicted molar refractivity (Wildman–Crippen MR) is 34.9 cm³/mol. The van der Waals surface area contributed by atoms with Crippen LogP contribution in [0.1, 0.15) is 13.3 Å². The summed E-state index contributed by atoms with van der Waals surface area (Å²) in [7, 11) is 0. The van der Waals surface area contributed by atoms with Crippen LogP contribution in [0.25, 0.3) is 0 Å². The Labute approximate surface area is 47.6 Å². The molecule has 2 heteroatoms. The fraction of sp³-hybridized carbons (Fsp3) is 1.00. The highest BCUT2D eigenvalue weighted by Gasteiger charge is 2.13. The summed E-state index contributed by atoms with van der Waals surface area (Å²) in [4.78, 5) is 0. The van der Waals surface area contributed by atoms with Gasteiger partial charge in [-0.1, -0.05) is 0 Å². The molecular formula is C5H12OS. The van der Waals surface area contributed by atoms with Gasteiger partial charge in [0.15, 0.2) is 0 Å². The minimum atomic E-state index is -0.00437. The zero-order chi connectivity index (χ0) is 5.28. The summed E-state index contributed by atoms with van der Waals surface area (Å²) < 4.78 is 5.43. The third-order valence-corrected chi connectivity index (χ3v) is 2.82. The molecule has 2 unspecified atom stereocenters. The molecule has 0 N–H and O–H groups in total. The molecule has 2 atom stereocenters. The lowest BCUT2D eigenvalue weighted by Crippen LogP contribution is -1.93. The van der Waals surface area contributed by atoms with Crippen molar-refractivity contribution in [1.29, 1.82) is 0 Å². The first-order valence-electron chi connectivity index (χ1n) is 2.67. The minimum absolute atomic E-state index is 0.00437. The number of rotatable bonds is 0. The van der Waals surface area contributed by atoms with Crippen LogP contribution in [0.2, 0.25) is 0 Å². The quantitative estimate of drug-likeness (QED) is 0.475. The highest BCUT2D eigenvalue weighted by molar-refractivity contribution is 8.12. The van der Waals surface area contributed by atoms with E-state index in [1.165, 1.54) is 12.2 Å². The molecule has 0 radical (unpaired) electrons. The van der Waals surface area contributed by atoms with E-state index in [1.54, 1.807) is 0 Å². The van der Waals surface area contributed by atoms with Crippen molar-refractivity contribution in [2.75, 3.05) is 12.0 Å². The van der Waals surface area contributed by atoms with E-state index in [9.17, 15) is 0 Å². The normalized spacial score (nSPS) is 47.1. The van der Waals surface area contributed by atoms with Gasteiger partial charge in [-0.3, -0.25) is 0 Å². The van der Waals surface area contributed by atoms with Gasteiger partial charge in [-0.05, 0) is 25.4 Å². The molecule has 1 aliphatic heterocycles. The van der Waals surface area contributed by atoms with Crippen LogP contribution in [-0.4, -0.2) is 18.1 Å². The number of hydrogen-bond acceptors (Lipinski definition) is 1. The second-order valence-electron chi connectivity index (χ2n) is 2.06. The Morgan fingerprint density at radius 2 is 2.43 bits per heavy atom. The molecule has 1 rings (SSSR count). The van der Waals surface area contributed by atoms with Crippen molar-refractivity contribution in [3.05, 3.63) is 0 Å². The molecule has 0 aromatic rings. The summed E-state index contributed by atoms with van der Waals surface area (Å²) in [6.45, 7) is 2.14. The second kappa shape index (κ2) is 2.05. The summed E-state index contributed by atoms with van der Waals surface area (Å²) in [5.41, 5.74) is 0.